The molecule has 0 spiro atoms. The van der Waals surface area contributed by atoms with Gasteiger partial charge in [-0.3, -0.25) is 0 Å². The van der Waals surface area contributed by atoms with E-state index in [0.29, 0.717) is 42.8 Å². The standard InChI is InChI=1S/C17H20ClN5O3/c1-10-20-15-3-2-12(9-23(15)22-10)21-17(24)19-8-11-6-13(18)16-14(7-11)25-4-5-26-16/h6-7,12H,2-5,8-9H2,1H3,(H2,19,21,24). The van der Waals surface area contributed by atoms with Crippen molar-refractivity contribution in [2.24, 2.45) is 0 Å². The summed E-state index contributed by atoms with van der Waals surface area (Å²) < 4.78 is 12.9. The van der Waals surface area contributed by atoms with E-state index in [1.165, 1.54) is 0 Å². The summed E-state index contributed by atoms with van der Waals surface area (Å²) in [6, 6.07) is 3.43. The summed E-state index contributed by atoms with van der Waals surface area (Å²) in [7, 11) is 0. The third-order valence-corrected chi connectivity index (χ3v) is 4.69. The Kier molecular flexibility index (Phi) is 4.58. The molecule has 0 saturated carbocycles. The lowest BCUT2D eigenvalue weighted by Crippen LogP contribution is -2.45. The number of aryl methyl sites for hydroxylation is 2. The van der Waals surface area contributed by atoms with E-state index in [-0.39, 0.29) is 12.1 Å². The maximum Gasteiger partial charge on any atom is 0.315 e. The number of benzene rings is 1. The van der Waals surface area contributed by atoms with Crippen LogP contribution in [0.1, 0.15) is 23.6 Å². The fraction of sp³-hybridized carbons (Fsp3) is 0.471. The Hall–Kier alpha value is -2.48. The normalized spacial score (nSPS) is 18.2. The highest BCUT2D eigenvalue weighted by atomic mass is 35.5. The van der Waals surface area contributed by atoms with Crippen LogP contribution in [0.25, 0.3) is 0 Å². The molecule has 1 unspecified atom stereocenters. The van der Waals surface area contributed by atoms with E-state index in [1.807, 2.05) is 17.7 Å². The summed E-state index contributed by atoms with van der Waals surface area (Å²) >= 11 is 6.22. The van der Waals surface area contributed by atoms with Gasteiger partial charge < -0.3 is 20.1 Å². The molecule has 2 N–H and O–H groups in total. The molecule has 1 aromatic heterocycles. The quantitative estimate of drug-likeness (QED) is 0.851. The highest BCUT2D eigenvalue weighted by Gasteiger charge is 2.22. The van der Waals surface area contributed by atoms with Crippen molar-refractivity contribution in [3.63, 3.8) is 0 Å². The second-order valence-corrected chi connectivity index (χ2v) is 6.83. The molecule has 0 saturated heterocycles. The number of nitrogens with zero attached hydrogens (tertiary/aromatic N) is 3. The average Bonchev–Trinajstić information content (AvgIpc) is 2.99. The predicted molar refractivity (Wildman–Crippen MR) is 94.7 cm³/mol. The Labute approximate surface area is 155 Å². The van der Waals surface area contributed by atoms with Crippen molar-refractivity contribution < 1.29 is 14.3 Å². The number of aromatic nitrogens is 3. The minimum absolute atomic E-state index is 0.0347. The van der Waals surface area contributed by atoms with E-state index >= 15 is 0 Å². The zero-order valence-electron chi connectivity index (χ0n) is 14.4. The van der Waals surface area contributed by atoms with Gasteiger partial charge in [0.25, 0.3) is 0 Å². The van der Waals surface area contributed by atoms with E-state index in [4.69, 9.17) is 21.1 Å². The van der Waals surface area contributed by atoms with Crippen molar-refractivity contribution in [3.8, 4) is 11.5 Å². The second-order valence-electron chi connectivity index (χ2n) is 6.42. The molecule has 0 fully saturated rings. The second kappa shape index (κ2) is 7.03. The van der Waals surface area contributed by atoms with Crippen molar-refractivity contribution in [2.75, 3.05) is 13.2 Å². The third-order valence-electron chi connectivity index (χ3n) is 4.41. The Bertz CT molecular complexity index is 838. The number of halogens is 1. The number of ether oxygens (including phenoxy) is 2. The van der Waals surface area contributed by atoms with E-state index in [9.17, 15) is 4.79 Å². The molecule has 138 valence electrons. The molecule has 2 aromatic rings. The van der Waals surface area contributed by atoms with Crippen LogP contribution in [0.3, 0.4) is 0 Å². The minimum atomic E-state index is -0.221. The molecule has 3 heterocycles. The molecule has 2 aliphatic heterocycles. The monoisotopic (exact) mass is 377 g/mol. The molecule has 0 aliphatic carbocycles. The van der Waals surface area contributed by atoms with Gasteiger partial charge in [-0.2, -0.15) is 5.10 Å². The van der Waals surface area contributed by atoms with Crippen LogP contribution in [-0.2, 0) is 19.5 Å². The van der Waals surface area contributed by atoms with Gasteiger partial charge in [0.05, 0.1) is 17.6 Å². The van der Waals surface area contributed by atoms with Crippen LogP contribution in [0.15, 0.2) is 12.1 Å². The smallest absolute Gasteiger partial charge is 0.315 e. The zero-order valence-corrected chi connectivity index (χ0v) is 15.2. The molecule has 8 nitrogen and oxygen atoms in total. The van der Waals surface area contributed by atoms with Gasteiger partial charge in [-0.1, -0.05) is 11.6 Å². The number of carbonyl (C=O) groups excluding carboxylic acids is 1. The molecular weight excluding hydrogens is 358 g/mol. The Balaban J connectivity index is 1.32. The third kappa shape index (κ3) is 3.55. The van der Waals surface area contributed by atoms with Gasteiger partial charge in [-0.15, -0.1) is 0 Å². The fourth-order valence-electron chi connectivity index (χ4n) is 3.24. The van der Waals surface area contributed by atoms with Gasteiger partial charge in [0.15, 0.2) is 11.5 Å². The maximum absolute atomic E-state index is 12.2. The van der Waals surface area contributed by atoms with Crippen molar-refractivity contribution in [3.05, 3.63) is 34.4 Å². The van der Waals surface area contributed by atoms with E-state index in [2.05, 4.69) is 20.7 Å². The summed E-state index contributed by atoms with van der Waals surface area (Å²) in [6.07, 6.45) is 1.66. The van der Waals surface area contributed by atoms with Crippen molar-refractivity contribution >= 4 is 17.6 Å². The first-order valence-electron chi connectivity index (χ1n) is 8.61. The molecular formula is C17H20ClN5O3. The number of amides is 2. The van der Waals surface area contributed by atoms with E-state index in [0.717, 1.165) is 30.1 Å². The van der Waals surface area contributed by atoms with E-state index < -0.39 is 0 Å². The van der Waals surface area contributed by atoms with Crippen LogP contribution >= 0.6 is 11.6 Å². The highest BCUT2D eigenvalue weighted by molar-refractivity contribution is 6.32. The molecule has 9 heteroatoms. The molecule has 26 heavy (non-hydrogen) atoms. The number of hydrogen-bond donors (Lipinski definition) is 2. The van der Waals surface area contributed by atoms with Crippen molar-refractivity contribution in [1.29, 1.82) is 0 Å². The molecule has 2 amide bonds. The highest BCUT2D eigenvalue weighted by Crippen LogP contribution is 2.38. The van der Waals surface area contributed by atoms with Crippen LogP contribution in [0, 0.1) is 6.92 Å². The summed E-state index contributed by atoms with van der Waals surface area (Å²) in [4.78, 5) is 16.6. The lowest BCUT2D eigenvalue weighted by atomic mass is 10.1. The first kappa shape index (κ1) is 17.0. The van der Waals surface area contributed by atoms with Crippen LogP contribution in [0.4, 0.5) is 4.79 Å². The lowest BCUT2D eigenvalue weighted by Gasteiger charge is -2.24. The summed E-state index contributed by atoms with van der Waals surface area (Å²) in [5.74, 6) is 2.92. The minimum Gasteiger partial charge on any atom is -0.486 e. The largest absolute Gasteiger partial charge is 0.486 e. The molecule has 1 aromatic carbocycles. The fourth-order valence-corrected chi connectivity index (χ4v) is 3.52. The van der Waals surface area contributed by atoms with Crippen LogP contribution in [0.5, 0.6) is 11.5 Å². The summed E-state index contributed by atoms with van der Waals surface area (Å²) in [5, 5.41) is 10.7. The van der Waals surface area contributed by atoms with Crippen LogP contribution < -0.4 is 20.1 Å². The first-order chi connectivity index (χ1) is 12.6. The molecule has 1 atom stereocenters. The molecule has 0 radical (unpaired) electrons. The average molecular weight is 378 g/mol. The van der Waals surface area contributed by atoms with Crippen LogP contribution in [-0.4, -0.2) is 40.1 Å². The lowest BCUT2D eigenvalue weighted by molar-refractivity contribution is 0.171. The number of urea groups is 1. The van der Waals surface area contributed by atoms with E-state index in [1.54, 1.807) is 6.07 Å². The van der Waals surface area contributed by atoms with Crippen molar-refractivity contribution in [2.45, 2.75) is 38.9 Å². The van der Waals surface area contributed by atoms with Crippen LogP contribution in [0.2, 0.25) is 5.02 Å². The SMILES string of the molecule is Cc1nc2n(n1)CC(NC(=O)NCc1cc(Cl)c3c(c1)OCCO3)CC2. The Morgan fingerprint density at radius 3 is 3.12 bits per heavy atom. The molecule has 0 bridgehead atoms. The maximum atomic E-state index is 12.2. The number of hydrogen-bond acceptors (Lipinski definition) is 5. The predicted octanol–water partition coefficient (Wildman–Crippen LogP) is 1.83. The van der Waals surface area contributed by atoms with Gasteiger partial charge >= 0.3 is 6.03 Å². The van der Waals surface area contributed by atoms with Crippen molar-refractivity contribution in [1.82, 2.24) is 25.4 Å². The van der Waals surface area contributed by atoms with Gasteiger partial charge in [-0.25, -0.2) is 14.5 Å². The first-order valence-corrected chi connectivity index (χ1v) is 8.99. The molecule has 4 rings (SSSR count). The van der Waals surface area contributed by atoms with Gasteiger partial charge in [0.2, 0.25) is 0 Å². The Morgan fingerprint density at radius 2 is 2.23 bits per heavy atom. The topological polar surface area (TPSA) is 90.3 Å². The Morgan fingerprint density at radius 1 is 1.38 bits per heavy atom. The molecule has 2 aliphatic rings. The zero-order chi connectivity index (χ0) is 18.1. The van der Waals surface area contributed by atoms with Gasteiger partial charge in [0.1, 0.15) is 24.9 Å². The van der Waals surface area contributed by atoms with Gasteiger partial charge in [0, 0.05) is 13.0 Å². The summed E-state index contributed by atoms with van der Waals surface area (Å²) in [6.45, 7) is 3.84. The number of nitrogens with one attached hydrogen (secondary N) is 2. The number of rotatable bonds is 3. The number of fused-ring (bicyclic) bond motifs is 2. The van der Waals surface area contributed by atoms with Gasteiger partial charge in [-0.05, 0) is 31.0 Å². The summed E-state index contributed by atoms with van der Waals surface area (Å²) in [5.41, 5.74) is 0.854. The number of carbonyl (C=O) groups is 1.